The Bertz CT molecular complexity index is 1210. The Kier molecular flexibility index (Phi) is 9.06. The fourth-order valence-corrected chi connectivity index (χ4v) is 4.91. The Balaban J connectivity index is 1.33. The van der Waals surface area contributed by atoms with Crippen LogP contribution < -0.4 is 5.32 Å². The van der Waals surface area contributed by atoms with Crippen LogP contribution in [0.4, 0.5) is 9.18 Å². The number of carbonyl (C=O) groups excluding carboxylic acids is 2. The van der Waals surface area contributed by atoms with Crippen molar-refractivity contribution in [1.82, 2.24) is 10.2 Å². The lowest BCUT2D eigenvalue weighted by atomic mass is 9.84. The normalized spacial score (nSPS) is 14.7. The first-order chi connectivity index (χ1) is 17.8. The lowest BCUT2D eigenvalue weighted by Crippen LogP contribution is -2.48. The maximum absolute atomic E-state index is 13.1. The monoisotopic (exact) mass is 542 g/mol. The third-order valence-corrected chi connectivity index (χ3v) is 7.46. The van der Waals surface area contributed by atoms with Crippen molar-refractivity contribution in [2.24, 2.45) is 0 Å². The van der Waals surface area contributed by atoms with E-state index in [1.165, 1.54) is 12.1 Å². The third-order valence-electron chi connectivity index (χ3n) is 6.72. The van der Waals surface area contributed by atoms with Gasteiger partial charge in [-0.3, -0.25) is 4.79 Å². The van der Waals surface area contributed by atoms with Crippen LogP contribution in [0.3, 0.4) is 0 Å². The second-order valence-electron chi connectivity index (χ2n) is 9.18. The number of hydrogen-bond donors (Lipinski definition) is 1. The molecule has 5 nitrogen and oxygen atoms in total. The molecule has 194 valence electrons. The van der Waals surface area contributed by atoms with Gasteiger partial charge < -0.3 is 15.0 Å². The SMILES string of the molecule is O=C(NCCc1ccc(Cl)c(Cl)c1)OC1(c2ccccc2)CCN(C(=O)CCc2ccc(F)cc2)CC1. The molecule has 1 heterocycles. The van der Waals surface area contributed by atoms with Crippen LogP contribution in [0, 0.1) is 5.82 Å². The molecule has 1 aliphatic heterocycles. The summed E-state index contributed by atoms with van der Waals surface area (Å²) in [4.78, 5) is 27.5. The highest BCUT2D eigenvalue weighted by molar-refractivity contribution is 6.42. The summed E-state index contributed by atoms with van der Waals surface area (Å²) in [6.07, 6.45) is 1.98. The van der Waals surface area contributed by atoms with Crippen molar-refractivity contribution >= 4 is 35.2 Å². The van der Waals surface area contributed by atoms with Crippen LogP contribution in [0.15, 0.2) is 72.8 Å². The smallest absolute Gasteiger partial charge is 0.408 e. The maximum Gasteiger partial charge on any atom is 0.408 e. The van der Waals surface area contributed by atoms with Crippen LogP contribution in [-0.2, 0) is 28.0 Å². The summed E-state index contributed by atoms with van der Waals surface area (Å²) < 4.78 is 19.2. The Morgan fingerprint density at radius 1 is 0.892 bits per heavy atom. The fraction of sp³-hybridized carbons (Fsp3) is 0.310. The highest BCUT2D eigenvalue weighted by Crippen LogP contribution is 2.37. The zero-order chi connectivity index (χ0) is 26.3. The number of benzene rings is 3. The Morgan fingerprint density at radius 3 is 2.24 bits per heavy atom. The second kappa shape index (κ2) is 12.4. The summed E-state index contributed by atoms with van der Waals surface area (Å²) in [6.45, 7) is 1.34. The van der Waals surface area contributed by atoms with Gasteiger partial charge >= 0.3 is 6.09 Å². The Morgan fingerprint density at radius 2 is 1.57 bits per heavy atom. The number of nitrogens with one attached hydrogen (secondary N) is 1. The second-order valence-corrected chi connectivity index (χ2v) is 10.00. The van der Waals surface area contributed by atoms with Crippen LogP contribution in [0.25, 0.3) is 0 Å². The lowest BCUT2D eigenvalue weighted by molar-refractivity contribution is -0.135. The van der Waals surface area contributed by atoms with Gasteiger partial charge in [0.1, 0.15) is 11.4 Å². The van der Waals surface area contributed by atoms with E-state index in [1.807, 2.05) is 41.3 Å². The molecule has 0 radical (unpaired) electrons. The van der Waals surface area contributed by atoms with E-state index < -0.39 is 11.7 Å². The molecule has 0 bridgehead atoms. The van der Waals surface area contributed by atoms with E-state index in [0.717, 1.165) is 16.7 Å². The average Bonchev–Trinajstić information content (AvgIpc) is 2.91. The highest BCUT2D eigenvalue weighted by Gasteiger charge is 2.40. The zero-order valence-electron chi connectivity index (χ0n) is 20.4. The molecule has 0 aliphatic carbocycles. The Hall–Kier alpha value is -3.09. The number of alkyl carbamates (subject to hydrolysis) is 1. The molecule has 0 aromatic heterocycles. The van der Waals surface area contributed by atoms with Gasteiger partial charge in [0.25, 0.3) is 0 Å². The highest BCUT2D eigenvalue weighted by atomic mass is 35.5. The van der Waals surface area contributed by atoms with E-state index in [9.17, 15) is 14.0 Å². The molecule has 1 fully saturated rings. The Labute approximate surface area is 226 Å². The summed E-state index contributed by atoms with van der Waals surface area (Å²) in [7, 11) is 0. The number of nitrogens with zero attached hydrogens (tertiary/aromatic N) is 1. The van der Waals surface area contributed by atoms with E-state index in [-0.39, 0.29) is 11.7 Å². The molecule has 8 heteroatoms. The van der Waals surface area contributed by atoms with E-state index in [1.54, 1.807) is 24.3 Å². The summed E-state index contributed by atoms with van der Waals surface area (Å²) in [5.74, 6) is -0.251. The molecule has 0 saturated carbocycles. The maximum atomic E-state index is 13.1. The van der Waals surface area contributed by atoms with Crippen LogP contribution in [0.2, 0.25) is 10.0 Å². The topological polar surface area (TPSA) is 58.6 Å². The lowest BCUT2D eigenvalue weighted by Gasteiger charge is -2.41. The molecule has 37 heavy (non-hydrogen) atoms. The first-order valence-corrected chi connectivity index (χ1v) is 13.1. The number of halogens is 3. The summed E-state index contributed by atoms with van der Waals surface area (Å²) in [5.41, 5.74) is 1.97. The largest absolute Gasteiger partial charge is 0.438 e. The van der Waals surface area contributed by atoms with Crippen molar-refractivity contribution in [3.8, 4) is 0 Å². The van der Waals surface area contributed by atoms with Gasteiger partial charge in [-0.1, -0.05) is 71.7 Å². The molecule has 0 unspecified atom stereocenters. The summed E-state index contributed by atoms with van der Waals surface area (Å²) in [6, 6.07) is 21.3. The van der Waals surface area contributed by atoms with E-state index in [4.69, 9.17) is 27.9 Å². The predicted molar refractivity (Wildman–Crippen MR) is 143 cm³/mol. The number of rotatable bonds is 8. The van der Waals surface area contributed by atoms with Gasteiger partial charge in [-0.25, -0.2) is 9.18 Å². The summed E-state index contributed by atoms with van der Waals surface area (Å²) >= 11 is 12.0. The number of aryl methyl sites for hydroxylation is 1. The van der Waals surface area contributed by atoms with Crippen LogP contribution in [-0.4, -0.2) is 36.5 Å². The van der Waals surface area contributed by atoms with Crippen molar-refractivity contribution in [1.29, 1.82) is 0 Å². The summed E-state index contributed by atoms with van der Waals surface area (Å²) in [5, 5.41) is 3.80. The van der Waals surface area contributed by atoms with Gasteiger partial charge in [0.15, 0.2) is 0 Å². The van der Waals surface area contributed by atoms with E-state index in [2.05, 4.69) is 5.32 Å². The zero-order valence-corrected chi connectivity index (χ0v) is 21.9. The molecule has 0 spiro atoms. The van der Waals surface area contributed by atoms with Gasteiger partial charge in [-0.2, -0.15) is 0 Å². The molecule has 1 aliphatic rings. The van der Waals surface area contributed by atoms with Crippen molar-refractivity contribution < 1.29 is 18.7 Å². The number of likely N-dealkylation sites (tertiary alicyclic amines) is 1. The molecule has 0 atom stereocenters. The van der Waals surface area contributed by atoms with Crippen molar-refractivity contribution in [2.75, 3.05) is 19.6 Å². The van der Waals surface area contributed by atoms with Crippen molar-refractivity contribution in [2.45, 2.75) is 37.7 Å². The minimum atomic E-state index is -0.817. The third kappa shape index (κ3) is 7.24. The van der Waals surface area contributed by atoms with Gasteiger partial charge in [-0.15, -0.1) is 0 Å². The molecule has 2 amide bonds. The quantitative estimate of drug-likeness (QED) is 0.351. The molecule has 3 aromatic rings. The van der Waals surface area contributed by atoms with E-state index in [0.29, 0.717) is 61.8 Å². The predicted octanol–water partition coefficient (Wildman–Crippen LogP) is 6.55. The van der Waals surface area contributed by atoms with Gasteiger partial charge in [-0.05, 0) is 53.8 Å². The van der Waals surface area contributed by atoms with Gasteiger partial charge in [0, 0.05) is 38.9 Å². The minimum Gasteiger partial charge on any atom is -0.438 e. The number of piperidine rings is 1. The van der Waals surface area contributed by atoms with Gasteiger partial charge in [0.2, 0.25) is 5.91 Å². The first-order valence-electron chi connectivity index (χ1n) is 12.3. The van der Waals surface area contributed by atoms with Crippen LogP contribution in [0.5, 0.6) is 0 Å². The number of hydrogen-bond acceptors (Lipinski definition) is 3. The molecule has 4 rings (SSSR count). The number of amides is 2. The fourth-order valence-electron chi connectivity index (χ4n) is 4.59. The van der Waals surface area contributed by atoms with Crippen molar-refractivity contribution in [3.05, 3.63) is 105 Å². The van der Waals surface area contributed by atoms with Crippen LogP contribution >= 0.6 is 23.2 Å². The standard InChI is InChI=1S/C29H29Cl2FN2O3/c30-25-12-8-22(20-26(25)31)14-17-33-28(36)37-29(23-4-2-1-3-5-23)15-18-34(19-16-29)27(35)13-9-21-6-10-24(32)11-7-21/h1-8,10-12,20H,9,13-19H2,(H,33,36). The van der Waals surface area contributed by atoms with Crippen LogP contribution in [0.1, 0.15) is 36.0 Å². The minimum absolute atomic E-state index is 0.0389. The van der Waals surface area contributed by atoms with Crippen molar-refractivity contribution in [3.63, 3.8) is 0 Å². The molecule has 1 N–H and O–H groups in total. The van der Waals surface area contributed by atoms with Gasteiger partial charge in [0.05, 0.1) is 10.0 Å². The number of ether oxygens (including phenoxy) is 1. The molecule has 1 saturated heterocycles. The number of carbonyl (C=O) groups is 2. The molecular formula is C29H29Cl2FN2O3. The molecular weight excluding hydrogens is 514 g/mol. The van der Waals surface area contributed by atoms with E-state index >= 15 is 0 Å². The first kappa shape index (κ1) is 27.0. The molecule has 3 aromatic carbocycles. The average molecular weight is 543 g/mol.